The van der Waals surface area contributed by atoms with E-state index < -0.39 is 0 Å². The summed E-state index contributed by atoms with van der Waals surface area (Å²) in [6.45, 7) is 5.02. The molecule has 12 heavy (non-hydrogen) atoms. The molecule has 70 valence electrons. The van der Waals surface area contributed by atoms with Gasteiger partial charge in [0, 0.05) is 0 Å². The van der Waals surface area contributed by atoms with Crippen LogP contribution in [0.25, 0.3) is 0 Å². The van der Waals surface area contributed by atoms with Gasteiger partial charge in [0.15, 0.2) is 0 Å². The Morgan fingerprint density at radius 2 is 1.75 bits per heavy atom. The average molecular weight is 170 g/mol. The number of epoxide rings is 2. The van der Waals surface area contributed by atoms with Crippen molar-refractivity contribution in [2.75, 3.05) is 6.61 Å². The van der Waals surface area contributed by atoms with Crippen molar-refractivity contribution in [3.8, 4) is 0 Å². The van der Waals surface area contributed by atoms with E-state index in [4.69, 9.17) is 9.47 Å². The van der Waals surface area contributed by atoms with Crippen LogP contribution in [0.5, 0.6) is 0 Å². The highest BCUT2D eigenvalue weighted by molar-refractivity contribution is 4.96. The van der Waals surface area contributed by atoms with E-state index in [1.165, 1.54) is 19.3 Å². The summed E-state index contributed by atoms with van der Waals surface area (Å²) in [5.41, 5.74) is 0. The lowest BCUT2D eigenvalue weighted by Gasteiger charge is -2.15. The molecule has 0 radical (unpaired) electrons. The zero-order valence-electron chi connectivity index (χ0n) is 7.95. The first-order valence-electron chi connectivity index (χ1n) is 5.20. The van der Waals surface area contributed by atoms with Gasteiger partial charge in [-0.2, -0.15) is 0 Å². The molecule has 2 nitrogen and oxygen atoms in total. The quantitative estimate of drug-likeness (QED) is 0.562. The first-order valence-corrected chi connectivity index (χ1v) is 5.20. The van der Waals surface area contributed by atoms with Crippen LogP contribution in [0.15, 0.2) is 0 Å². The maximum atomic E-state index is 5.43. The molecule has 0 spiro atoms. The maximum absolute atomic E-state index is 5.43. The van der Waals surface area contributed by atoms with Gasteiger partial charge in [-0.25, -0.2) is 0 Å². The summed E-state index contributed by atoms with van der Waals surface area (Å²) in [4.78, 5) is 0. The second-order valence-corrected chi connectivity index (χ2v) is 3.66. The van der Waals surface area contributed by atoms with E-state index in [1.54, 1.807) is 0 Å². The minimum atomic E-state index is 0.616. The molecule has 0 N–H and O–H groups in total. The van der Waals surface area contributed by atoms with Crippen molar-refractivity contribution >= 4 is 0 Å². The summed E-state index contributed by atoms with van der Waals surface area (Å²) in [5.74, 6) is 0.837. The average Bonchev–Trinajstić information content (AvgIpc) is 3.01. The van der Waals surface area contributed by atoms with Gasteiger partial charge >= 0.3 is 0 Å². The fraction of sp³-hybridized carbons (Fsp3) is 1.00. The van der Waals surface area contributed by atoms with Gasteiger partial charge in [-0.3, -0.25) is 0 Å². The van der Waals surface area contributed by atoms with Crippen LogP contribution in [0.1, 0.15) is 33.1 Å². The zero-order valence-corrected chi connectivity index (χ0v) is 7.95. The van der Waals surface area contributed by atoms with Crippen LogP contribution in [-0.2, 0) is 9.47 Å². The number of ether oxygens (including phenoxy) is 2. The van der Waals surface area contributed by atoms with E-state index in [-0.39, 0.29) is 0 Å². The lowest BCUT2D eigenvalue weighted by Crippen LogP contribution is -2.17. The molecule has 3 fully saturated rings. The normalized spacial score (nSPS) is 48.5. The van der Waals surface area contributed by atoms with Gasteiger partial charge in [-0.05, 0) is 25.2 Å². The number of hydrogen-bond donors (Lipinski definition) is 0. The fourth-order valence-corrected chi connectivity index (χ4v) is 2.10. The smallest absolute Gasteiger partial charge is 0.0845 e. The summed E-state index contributed by atoms with van der Waals surface area (Å²) in [6, 6.07) is 0. The van der Waals surface area contributed by atoms with Crippen LogP contribution in [0.2, 0.25) is 0 Å². The van der Waals surface area contributed by atoms with Crippen molar-refractivity contribution in [2.45, 2.75) is 51.4 Å². The van der Waals surface area contributed by atoms with Crippen LogP contribution in [-0.4, -0.2) is 24.9 Å². The zero-order chi connectivity index (χ0) is 8.55. The van der Waals surface area contributed by atoms with Crippen LogP contribution in [0, 0.1) is 5.92 Å². The first kappa shape index (κ1) is 8.52. The Hall–Kier alpha value is -0.0800. The van der Waals surface area contributed by atoms with Crippen molar-refractivity contribution in [2.24, 2.45) is 5.92 Å². The summed E-state index contributed by atoms with van der Waals surface area (Å²) < 4.78 is 10.7. The number of hydrogen-bond acceptors (Lipinski definition) is 2. The highest BCUT2D eigenvalue weighted by Crippen LogP contribution is 2.43. The van der Waals surface area contributed by atoms with E-state index in [2.05, 4.69) is 0 Å². The molecule has 4 unspecified atom stereocenters. The Morgan fingerprint density at radius 3 is 2.33 bits per heavy atom. The van der Waals surface area contributed by atoms with E-state index in [0.717, 1.165) is 12.5 Å². The molecule has 3 rings (SSSR count). The number of fused-ring (bicyclic) bond motifs is 1. The van der Waals surface area contributed by atoms with Crippen molar-refractivity contribution in [1.29, 1.82) is 0 Å². The predicted molar refractivity (Wildman–Crippen MR) is 47.1 cm³/mol. The van der Waals surface area contributed by atoms with Crippen LogP contribution >= 0.6 is 0 Å². The van der Waals surface area contributed by atoms with Crippen LogP contribution < -0.4 is 0 Å². The van der Waals surface area contributed by atoms with Crippen molar-refractivity contribution in [3.63, 3.8) is 0 Å². The van der Waals surface area contributed by atoms with Gasteiger partial charge in [0.1, 0.15) is 0 Å². The molecular formula is C10H18O2. The molecule has 4 atom stereocenters. The third kappa shape index (κ3) is 1.64. The molecule has 2 heterocycles. The lowest BCUT2D eigenvalue weighted by molar-refractivity contribution is 0.279. The minimum absolute atomic E-state index is 0.616. The Morgan fingerprint density at radius 1 is 1.00 bits per heavy atom. The summed E-state index contributed by atoms with van der Waals surface area (Å²) >= 11 is 0. The van der Waals surface area contributed by atoms with Gasteiger partial charge in [0.05, 0.1) is 24.9 Å². The van der Waals surface area contributed by atoms with E-state index in [1.807, 2.05) is 13.8 Å². The second kappa shape index (κ2) is 3.35. The monoisotopic (exact) mass is 170 g/mol. The van der Waals surface area contributed by atoms with E-state index in [0.29, 0.717) is 18.3 Å². The topological polar surface area (TPSA) is 25.1 Å². The van der Waals surface area contributed by atoms with E-state index in [9.17, 15) is 0 Å². The first-order chi connectivity index (χ1) is 5.93. The number of rotatable bonds is 1. The fourth-order valence-electron chi connectivity index (χ4n) is 2.10. The summed E-state index contributed by atoms with van der Waals surface area (Å²) in [7, 11) is 0. The Bertz CT molecular complexity index is 154. The predicted octanol–water partition coefficient (Wildman–Crippen LogP) is 1.98. The van der Waals surface area contributed by atoms with Gasteiger partial charge in [0.2, 0.25) is 0 Å². The summed E-state index contributed by atoms with van der Waals surface area (Å²) in [5, 5.41) is 0. The molecule has 2 aliphatic heterocycles. The van der Waals surface area contributed by atoms with Gasteiger partial charge < -0.3 is 9.47 Å². The van der Waals surface area contributed by atoms with E-state index >= 15 is 0 Å². The molecule has 2 heteroatoms. The SMILES string of the molecule is C1CC2OC2CC1C1CO1.CC. The highest BCUT2D eigenvalue weighted by atomic mass is 16.6. The van der Waals surface area contributed by atoms with Crippen molar-refractivity contribution in [3.05, 3.63) is 0 Å². The Labute approximate surface area is 74.2 Å². The van der Waals surface area contributed by atoms with Crippen molar-refractivity contribution < 1.29 is 9.47 Å². The van der Waals surface area contributed by atoms with Gasteiger partial charge in [-0.1, -0.05) is 13.8 Å². The Kier molecular flexibility index (Phi) is 2.37. The second-order valence-electron chi connectivity index (χ2n) is 3.66. The molecular weight excluding hydrogens is 152 g/mol. The Balaban J connectivity index is 0.000000264. The minimum Gasteiger partial charge on any atom is -0.373 e. The van der Waals surface area contributed by atoms with Crippen LogP contribution in [0.3, 0.4) is 0 Å². The maximum Gasteiger partial charge on any atom is 0.0845 e. The van der Waals surface area contributed by atoms with Gasteiger partial charge in [0.25, 0.3) is 0 Å². The standard InChI is InChI=1S/C8H12O2.C2H6/c1-2-6-7(10-6)3-5(1)8-4-9-8;1-2/h5-8H,1-4H2;1-2H3. The highest BCUT2D eigenvalue weighted by Gasteiger charge is 2.48. The molecule has 1 saturated carbocycles. The van der Waals surface area contributed by atoms with Crippen LogP contribution in [0.4, 0.5) is 0 Å². The third-order valence-electron chi connectivity index (χ3n) is 2.93. The van der Waals surface area contributed by atoms with Gasteiger partial charge in [-0.15, -0.1) is 0 Å². The summed E-state index contributed by atoms with van der Waals surface area (Å²) in [6.07, 6.45) is 5.79. The molecule has 0 aromatic carbocycles. The lowest BCUT2D eigenvalue weighted by atomic mass is 9.87. The largest absolute Gasteiger partial charge is 0.373 e. The molecule has 0 amide bonds. The molecule has 3 aliphatic rings. The molecule has 2 saturated heterocycles. The van der Waals surface area contributed by atoms with Crippen molar-refractivity contribution in [1.82, 2.24) is 0 Å². The molecule has 0 bridgehead atoms. The molecule has 1 aliphatic carbocycles. The third-order valence-corrected chi connectivity index (χ3v) is 2.93. The molecule has 0 aromatic rings. The molecule has 0 aromatic heterocycles.